The number of likely N-dealkylation sites (tertiary alicyclic amines) is 2. The van der Waals surface area contributed by atoms with E-state index in [-0.39, 0.29) is 11.8 Å². The maximum atomic E-state index is 12.4. The lowest BCUT2D eigenvalue weighted by atomic mass is 10.0. The van der Waals surface area contributed by atoms with Crippen molar-refractivity contribution < 1.29 is 14.3 Å². The molecule has 2 fully saturated rings. The fourth-order valence-corrected chi connectivity index (χ4v) is 3.73. The molecule has 25 heavy (non-hydrogen) atoms. The molecule has 0 saturated carbocycles. The van der Waals surface area contributed by atoms with Gasteiger partial charge in [0.25, 0.3) is 0 Å². The molecule has 1 aromatic rings. The van der Waals surface area contributed by atoms with Crippen LogP contribution in [-0.2, 0) is 9.59 Å². The largest absolute Gasteiger partial charge is 0.494 e. The van der Waals surface area contributed by atoms with E-state index in [0.29, 0.717) is 36.3 Å². The Morgan fingerprint density at radius 2 is 1.72 bits per heavy atom. The summed E-state index contributed by atoms with van der Waals surface area (Å²) >= 11 is 5.83. The first kappa shape index (κ1) is 17.8. The van der Waals surface area contributed by atoms with E-state index in [4.69, 9.17) is 16.3 Å². The van der Waals surface area contributed by atoms with Crippen LogP contribution in [0.4, 0.5) is 0 Å². The summed E-state index contributed by atoms with van der Waals surface area (Å²) < 4.78 is 5.62. The zero-order valence-corrected chi connectivity index (χ0v) is 15.0. The van der Waals surface area contributed by atoms with Crippen LogP contribution >= 0.6 is 11.6 Å². The minimum atomic E-state index is -0.00775. The van der Waals surface area contributed by atoms with Crippen LogP contribution in [0, 0.1) is 11.8 Å². The minimum absolute atomic E-state index is 0.00775. The topological polar surface area (TPSA) is 49.9 Å². The average molecular weight is 363 g/mol. The standard InChI is InChI=1S/C19H23ClN2O3/c1-2-18(23)21-10-14-12-22(13-15(14)11-21)19(24)4-3-9-25-17-7-5-16(20)6-8-17/h2,5-8,14-15H,1,3-4,9-13H2. The van der Waals surface area contributed by atoms with Crippen LogP contribution in [0.3, 0.4) is 0 Å². The number of ether oxygens (including phenoxy) is 1. The lowest BCUT2D eigenvalue weighted by Crippen LogP contribution is -2.35. The molecule has 3 rings (SSSR count). The molecule has 2 unspecified atom stereocenters. The Kier molecular flexibility index (Phi) is 5.63. The van der Waals surface area contributed by atoms with Gasteiger partial charge in [0.05, 0.1) is 6.61 Å². The van der Waals surface area contributed by atoms with Crippen LogP contribution in [0.2, 0.25) is 5.02 Å². The molecule has 0 N–H and O–H groups in total. The van der Waals surface area contributed by atoms with Crippen LogP contribution < -0.4 is 4.74 Å². The van der Waals surface area contributed by atoms with E-state index in [1.807, 2.05) is 21.9 Å². The van der Waals surface area contributed by atoms with E-state index >= 15 is 0 Å². The van der Waals surface area contributed by atoms with Crippen molar-refractivity contribution in [1.29, 1.82) is 0 Å². The lowest BCUT2D eigenvalue weighted by molar-refractivity contribution is -0.130. The van der Waals surface area contributed by atoms with E-state index in [0.717, 1.165) is 31.9 Å². The number of hydrogen-bond acceptors (Lipinski definition) is 3. The number of fused-ring (bicyclic) bond motifs is 1. The quantitative estimate of drug-likeness (QED) is 0.577. The molecule has 6 heteroatoms. The Morgan fingerprint density at radius 1 is 1.12 bits per heavy atom. The molecular weight excluding hydrogens is 340 g/mol. The zero-order chi connectivity index (χ0) is 17.8. The second-order valence-electron chi connectivity index (χ2n) is 6.67. The Hall–Kier alpha value is -2.01. The van der Waals surface area contributed by atoms with Crippen molar-refractivity contribution in [3.05, 3.63) is 41.9 Å². The summed E-state index contributed by atoms with van der Waals surface area (Å²) in [7, 11) is 0. The van der Waals surface area contributed by atoms with Crippen molar-refractivity contribution >= 4 is 23.4 Å². The number of carbonyl (C=O) groups excluding carboxylic acids is 2. The van der Waals surface area contributed by atoms with E-state index in [9.17, 15) is 9.59 Å². The maximum Gasteiger partial charge on any atom is 0.245 e. The van der Waals surface area contributed by atoms with Gasteiger partial charge in [-0.2, -0.15) is 0 Å². The van der Waals surface area contributed by atoms with Gasteiger partial charge in [0.2, 0.25) is 11.8 Å². The van der Waals surface area contributed by atoms with Gasteiger partial charge in [0.1, 0.15) is 5.75 Å². The summed E-state index contributed by atoms with van der Waals surface area (Å²) in [6.07, 6.45) is 2.54. The normalized spacial score (nSPS) is 22.0. The third-order valence-electron chi connectivity index (χ3n) is 4.94. The summed E-state index contributed by atoms with van der Waals surface area (Å²) in [6.45, 7) is 7.02. The highest BCUT2D eigenvalue weighted by atomic mass is 35.5. The summed E-state index contributed by atoms with van der Waals surface area (Å²) in [5.41, 5.74) is 0. The zero-order valence-electron chi connectivity index (χ0n) is 14.2. The Morgan fingerprint density at radius 3 is 2.32 bits per heavy atom. The predicted molar refractivity (Wildman–Crippen MR) is 96.5 cm³/mol. The smallest absolute Gasteiger partial charge is 0.245 e. The van der Waals surface area contributed by atoms with Gasteiger partial charge in [0.15, 0.2) is 0 Å². The van der Waals surface area contributed by atoms with Gasteiger partial charge in [-0.3, -0.25) is 9.59 Å². The van der Waals surface area contributed by atoms with Gasteiger partial charge in [-0.15, -0.1) is 0 Å². The molecule has 2 saturated heterocycles. The summed E-state index contributed by atoms with van der Waals surface area (Å²) in [5, 5.41) is 0.676. The third kappa shape index (κ3) is 4.34. The van der Waals surface area contributed by atoms with Gasteiger partial charge in [-0.1, -0.05) is 18.2 Å². The molecule has 0 aliphatic carbocycles. The van der Waals surface area contributed by atoms with Crippen molar-refractivity contribution in [1.82, 2.24) is 9.80 Å². The molecular formula is C19H23ClN2O3. The van der Waals surface area contributed by atoms with Gasteiger partial charge in [-0.25, -0.2) is 0 Å². The molecule has 2 aliphatic rings. The van der Waals surface area contributed by atoms with Crippen molar-refractivity contribution in [2.75, 3.05) is 32.8 Å². The molecule has 134 valence electrons. The van der Waals surface area contributed by atoms with Gasteiger partial charge < -0.3 is 14.5 Å². The van der Waals surface area contributed by atoms with Crippen LogP contribution in [0.5, 0.6) is 5.75 Å². The number of carbonyl (C=O) groups is 2. The first-order chi connectivity index (χ1) is 12.1. The third-order valence-corrected chi connectivity index (χ3v) is 5.19. The molecule has 1 aromatic carbocycles. The highest BCUT2D eigenvalue weighted by Gasteiger charge is 2.42. The Balaban J connectivity index is 1.37. The van der Waals surface area contributed by atoms with Crippen molar-refractivity contribution in [2.24, 2.45) is 11.8 Å². The van der Waals surface area contributed by atoms with E-state index in [1.54, 1.807) is 12.1 Å². The Bertz CT molecular complexity index is 633. The van der Waals surface area contributed by atoms with Crippen molar-refractivity contribution in [3.63, 3.8) is 0 Å². The second-order valence-corrected chi connectivity index (χ2v) is 7.11. The summed E-state index contributed by atoms with van der Waals surface area (Å²) in [4.78, 5) is 27.8. The average Bonchev–Trinajstić information content (AvgIpc) is 3.18. The molecule has 2 amide bonds. The molecule has 2 heterocycles. The molecule has 2 atom stereocenters. The number of rotatable bonds is 6. The van der Waals surface area contributed by atoms with Crippen molar-refractivity contribution in [2.45, 2.75) is 12.8 Å². The molecule has 0 bridgehead atoms. The second kappa shape index (κ2) is 7.91. The number of amides is 2. The van der Waals surface area contributed by atoms with Crippen LogP contribution in [0.15, 0.2) is 36.9 Å². The molecule has 5 nitrogen and oxygen atoms in total. The number of benzene rings is 1. The van der Waals surface area contributed by atoms with Crippen molar-refractivity contribution in [3.8, 4) is 5.75 Å². The monoisotopic (exact) mass is 362 g/mol. The first-order valence-corrected chi connectivity index (χ1v) is 9.02. The first-order valence-electron chi connectivity index (χ1n) is 8.64. The van der Waals surface area contributed by atoms with Crippen LogP contribution in [0.1, 0.15) is 12.8 Å². The van der Waals surface area contributed by atoms with Crippen LogP contribution in [-0.4, -0.2) is 54.4 Å². The van der Waals surface area contributed by atoms with E-state index < -0.39 is 0 Å². The lowest BCUT2D eigenvalue weighted by Gasteiger charge is -2.21. The van der Waals surface area contributed by atoms with Gasteiger partial charge >= 0.3 is 0 Å². The molecule has 0 aromatic heterocycles. The van der Waals surface area contributed by atoms with E-state index in [2.05, 4.69) is 6.58 Å². The highest BCUT2D eigenvalue weighted by molar-refractivity contribution is 6.30. The number of halogens is 1. The number of nitrogens with zero attached hydrogens (tertiary/aromatic N) is 2. The fourth-order valence-electron chi connectivity index (χ4n) is 3.61. The SMILES string of the molecule is C=CC(=O)N1CC2CN(C(=O)CCCOc3ccc(Cl)cc3)CC2C1. The summed E-state index contributed by atoms with van der Waals surface area (Å²) in [6, 6.07) is 7.21. The van der Waals surface area contributed by atoms with Crippen LogP contribution in [0.25, 0.3) is 0 Å². The fraction of sp³-hybridized carbons (Fsp3) is 0.474. The maximum absolute atomic E-state index is 12.4. The number of hydrogen-bond donors (Lipinski definition) is 0. The predicted octanol–water partition coefficient (Wildman–Crippen LogP) is 2.60. The molecule has 0 spiro atoms. The molecule has 2 aliphatic heterocycles. The molecule has 0 radical (unpaired) electrons. The van der Waals surface area contributed by atoms with Gasteiger partial charge in [-0.05, 0) is 36.8 Å². The minimum Gasteiger partial charge on any atom is -0.494 e. The highest BCUT2D eigenvalue weighted by Crippen LogP contribution is 2.31. The van der Waals surface area contributed by atoms with Gasteiger partial charge in [0, 0.05) is 49.5 Å². The Labute approximate surface area is 153 Å². The summed E-state index contributed by atoms with van der Waals surface area (Å²) in [5.74, 6) is 1.73. The van der Waals surface area contributed by atoms with E-state index in [1.165, 1.54) is 6.08 Å².